The normalized spacial score (nSPS) is 11.2. The highest BCUT2D eigenvalue weighted by Crippen LogP contribution is 2.21. The van der Waals surface area contributed by atoms with Crippen LogP contribution in [-0.2, 0) is 6.42 Å². The van der Waals surface area contributed by atoms with Gasteiger partial charge in [0.05, 0.1) is 10.7 Å². The van der Waals surface area contributed by atoms with Crippen molar-refractivity contribution in [3.8, 4) is 11.3 Å². The Kier molecular flexibility index (Phi) is 6.18. The van der Waals surface area contributed by atoms with Crippen LogP contribution in [0.5, 0.6) is 0 Å². The summed E-state index contributed by atoms with van der Waals surface area (Å²) in [6, 6.07) is 10.4. The summed E-state index contributed by atoms with van der Waals surface area (Å²) in [5, 5.41) is 6.84. The van der Waals surface area contributed by atoms with Crippen molar-refractivity contribution in [2.45, 2.75) is 12.8 Å². The molecule has 0 bridgehead atoms. The van der Waals surface area contributed by atoms with Gasteiger partial charge < -0.3 is 10.2 Å². The van der Waals surface area contributed by atoms with Crippen molar-refractivity contribution in [1.29, 1.82) is 0 Å². The molecule has 0 unspecified atom stereocenters. The van der Waals surface area contributed by atoms with Gasteiger partial charge in [0.1, 0.15) is 0 Å². The topological polar surface area (TPSA) is 28.2 Å². The summed E-state index contributed by atoms with van der Waals surface area (Å²) in [4.78, 5) is 6.91. The smallest absolute Gasteiger partial charge is 0.0945 e. The third-order valence-corrected chi connectivity index (χ3v) is 4.00. The molecule has 3 nitrogen and oxygen atoms in total. The van der Waals surface area contributed by atoms with Crippen molar-refractivity contribution >= 4 is 11.3 Å². The highest BCUT2D eigenvalue weighted by atomic mass is 32.1. The molecule has 0 radical (unpaired) electrons. The van der Waals surface area contributed by atoms with Crippen molar-refractivity contribution in [3.63, 3.8) is 0 Å². The van der Waals surface area contributed by atoms with Gasteiger partial charge in [0.2, 0.25) is 0 Å². The van der Waals surface area contributed by atoms with E-state index < -0.39 is 0 Å². The first-order chi connectivity index (χ1) is 9.75. The summed E-state index contributed by atoms with van der Waals surface area (Å²) >= 11 is 1.75. The van der Waals surface area contributed by atoms with E-state index in [1.165, 1.54) is 17.0 Å². The van der Waals surface area contributed by atoms with Crippen LogP contribution in [0.4, 0.5) is 0 Å². The fraction of sp³-hybridized carbons (Fsp3) is 0.438. The number of aromatic nitrogens is 1. The van der Waals surface area contributed by atoms with E-state index in [1.807, 2.05) is 6.07 Å². The van der Waals surface area contributed by atoms with E-state index in [0.29, 0.717) is 0 Å². The molecule has 0 fully saturated rings. The van der Waals surface area contributed by atoms with Crippen LogP contribution in [0.2, 0.25) is 0 Å². The van der Waals surface area contributed by atoms with Crippen LogP contribution in [-0.4, -0.2) is 43.6 Å². The number of hydrogen-bond donors (Lipinski definition) is 1. The molecular weight excluding hydrogens is 266 g/mol. The molecule has 0 aliphatic carbocycles. The molecule has 0 aliphatic heterocycles. The van der Waals surface area contributed by atoms with Crippen molar-refractivity contribution in [2.24, 2.45) is 0 Å². The molecule has 0 saturated carbocycles. The first kappa shape index (κ1) is 15.2. The molecule has 0 atom stereocenters. The van der Waals surface area contributed by atoms with Crippen molar-refractivity contribution < 1.29 is 0 Å². The Bertz CT molecular complexity index is 493. The van der Waals surface area contributed by atoms with E-state index in [0.717, 1.165) is 31.7 Å². The van der Waals surface area contributed by atoms with Crippen LogP contribution in [0.15, 0.2) is 35.7 Å². The van der Waals surface area contributed by atoms with Gasteiger partial charge in [-0.25, -0.2) is 4.98 Å². The Morgan fingerprint density at radius 2 is 1.95 bits per heavy atom. The minimum Gasteiger partial charge on any atom is -0.316 e. The molecule has 2 rings (SSSR count). The first-order valence-corrected chi connectivity index (χ1v) is 7.99. The van der Waals surface area contributed by atoms with Gasteiger partial charge in [0.25, 0.3) is 0 Å². The molecule has 108 valence electrons. The van der Waals surface area contributed by atoms with Gasteiger partial charge in [-0.1, -0.05) is 30.3 Å². The Hall–Kier alpha value is -1.23. The lowest BCUT2D eigenvalue weighted by atomic mass is 10.2. The fourth-order valence-corrected chi connectivity index (χ4v) is 2.82. The number of hydrogen-bond acceptors (Lipinski definition) is 4. The predicted octanol–water partition coefficient (Wildman–Crippen LogP) is 2.89. The quantitative estimate of drug-likeness (QED) is 0.757. The Labute approximate surface area is 125 Å². The third kappa shape index (κ3) is 5.04. The zero-order chi connectivity index (χ0) is 14.2. The second-order valence-corrected chi connectivity index (χ2v) is 6.09. The number of thiazole rings is 1. The van der Waals surface area contributed by atoms with E-state index in [1.54, 1.807) is 11.3 Å². The van der Waals surface area contributed by atoms with Gasteiger partial charge in [-0.05, 0) is 33.6 Å². The molecule has 0 spiro atoms. The summed E-state index contributed by atoms with van der Waals surface area (Å²) in [6.45, 7) is 3.23. The predicted molar refractivity (Wildman–Crippen MR) is 87.3 cm³/mol. The molecule has 1 aromatic carbocycles. The van der Waals surface area contributed by atoms with Gasteiger partial charge in [-0.2, -0.15) is 0 Å². The lowest BCUT2D eigenvalue weighted by molar-refractivity contribution is 0.395. The SMILES string of the molecule is CN(C)CCCNCCc1nc(-c2ccccc2)cs1. The number of nitrogens with one attached hydrogen (secondary N) is 1. The summed E-state index contributed by atoms with van der Waals surface area (Å²) < 4.78 is 0. The molecule has 0 saturated heterocycles. The second-order valence-electron chi connectivity index (χ2n) is 5.15. The van der Waals surface area contributed by atoms with Crippen molar-refractivity contribution in [1.82, 2.24) is 15.2 Å². The first-order valence-electron chi connectivity index (χ1n) is 7.11. The monoisotopic (exact) mass is 289 g/mol. The number of benzene rings is 1. The van der Waals surface area contributed by atoms with E-state index in [2.05, 4.69) is 54.0 Å². The molecule has 1 heterocycles. The maximum absolute atomic E-state index is 4.70. The maximum atomic E-state index is 4.70. The van der Waals surface area contributed by atoms with Crippen LogP contribution < -0.4 is 5.32 Å². The molecule has 1 N–H and O–H groups in total. The molecular formula is C16H23N3S. The zero-order valence-corrected chi connectivity index (χ0v) is 13.1. The van der Waals surface area contributed by atoms with Gasteiger partial charge in [0.15, 0.2) is 0 Å². The molecule has 0 aliphatic rings. The zero-order valence-electron chi connectivity index (χ0n) is 12.3. The average molecular weight is 289 g/mol. The number of nitrogens with zero attached hydrogens (tertiary/aromatic N) is 2. The van der Waals surface area contributed by atoms with Crippen LogP contribution in [0.3, 0.4) is 0 Å². The van der Waals surface area contributed by atoms with E-state index >= 15 is 0 Å². The van der Waals surface area contributed by atoms with Crippen molar-refractivity contribution in [3.05, 3.63) is 40.7 Å². The fourth-order valence-electron chi connectivity index (χ4n) is 2.01. The average Bonchev–Trinajstić information content (AvgIpc) is 2.92. The summed E-state index contributed by atoms with van der Waals surface area (Å²) in [5.41, 5.74) is 2.30. The van der Waals surface area contributed by atoms with Crippen LogP contribution >= 0.6 is 11.3 Å². The summed E-state index contributed by atoms with van der Waals surface area (Å²) in [5.74, 6) is 0. The Morgan fingerprint density at radius 3 is 2.70 bits per heavy atom. The van der Waals surface area contributed by atoms with E-state index in [-0.39, 0.29) is 0 Å². The third-order valence-electron chi connectivity index (χ3n) is 3.10. The summed E-state index contributed by atoms with van der Waals surface area (Å²) in [7, 11) is 4.22. The van der Waals surface area contributed by atoms with Gasteiger partial charge in [-0.15, -0.1) is 11.3 Å². The van der Waals surface area contributed by atoms with Crippen LogP contribution in [0, 0.1) is 0 Å². The van der Waals surface area contributed by atoms with Gasteiger partial charge in [0, 0.05) is 23.9 Å². The van der Waals surface area contributed by atoms with Crippen molar-refractivity contribution in [2.75, 3.05) is 33.7 Å². The highest BCUT2D eigenvalue weighted by molar-refractivity contribution is 7.09. The molecule has 0 amide bonds. The standard InChI is InChI=1S/C16H23N3S/c1-19(2)12-6-10-17-11-9-16-18-15(13-20-16)14-7-4-3-5-8-14/h3-5,7-8,13,17H,6,9-12H2,1-2H3. The molecule has 2 aromatic rings. The second kappa shape index (κ2) is 8.15. The van der Waals surface area contributed by atoms with Crippen LogP contribution in [0.1, 0.15) is 11.4 Å². The van der Waals surface area contributed by atoms with Gasteiger partial charge >= 0.3 is 0 Å². The maximum Gasteiger partial charge on any atom is 0.0945 e. The largest absolute Gasteiger partial charge is 0.316 e. The lowest BCUT2D eigenvalue weighted by Crippen LogP contribution is -2.23. The Morgan fingerprint density at radius 1 is 1.15 bits per heavy atom. The highest BCUT2D eigenvalue weighted by Gasteiger charge is 2.03. The van der Waals surface area contributed by atoms with E-state index in [4.69, 9.17) is 4.98 Å². The lowest BCUT2D eigenvalue weighted by Gasteiger charge is -2.09. The van der Waals surface area contributed by atoms with Gasteiger partial charge in [-0.3, -0.25) is 0 Å². The molecule has 1 aromatic heterocycles. The minimum atomic E-state index is 1.01. The number of rotatable bonds is 8. The summed E-state index contributed by atoms with van der Waals surface area (Å²) in [6.07, 6.45) is 2.21. The van der Waals surface area contributed by atoms with Crippen LogP contribution in [0.25, 0.3) is 11.3 Å². The minimum absolute atomic E-state index is 1.01. The molecule has 4 heteroatoms. The van der Waals surface area contributed by atoms with E-state index in [9.17, 15) is 0 Å². The Balaban J connectivity index is 1.71. The molecule has 20 heavy (non-hydrogen) atoms.